The molecule has 3 aliphatic rings. The number of nitrogens with zero attached hydrogens (tertiary/aromatic N) is 2. The van der Waals surface area contributed by atoms with Gasteiger partial charge in [-0.2, -0.15) is 0 Å². The Morgan fingerprint density at radius 1 is 0.742 bits per heavy atom. The van der Waals surface area contributed by atoms with Crippen LogP contribution in [0.3, 0.4) is 0 Å². The molecule has 2 saturated heterocycles. The predicted octanol–water partition coefficient (Wildman–Crippen LogP) is 4.17. The zero-order valence-electron chi connectivity index (χ0n) is 18.7. The van der Waals surface area contributed by atoms with Gasteiger partial charge in [-0.1, -0.05) is 25.0 Å². The van der Waals surface area contributed by atoms with Crippen LogP contribution in [-0.4, -0.2) is 53.6 Å². The van der Waals surface area contributed by atoms with Gasteiger partial charge in [0.25, 0.3) is 0 Å². The molecule has 0 bridgehead atoms. The van der Waals surface area contributed by atoms with E-state index in [-0.39, 0.29) is 36.4 Å². The third kappa shape index (κ3) is 5.55. The molecule has 2 amide bonds. The van der Waals surface area contributed by atoms with Crippen molar-refractivity contribution in [1.29, 1.82) is 0 Å². The average molecular weight is 425 g/mol. The number of fused-ring (bicyclic) bond motifs is 1. The highest BCUT2D eigenvalue weighted by Crippen LogP contribution is 2.24. The number of piperidine rings is 1. The maximum absolute atomic E-state index is 12.8. The van der Waals surface area contributed by atoms with Gasteiger partial charge in [-0.15, -0.1) is 0 Å². The number of rotatable bonds is 5. The van der Waals surface area contributed by atoms with Crippen LogP contribution < -0.4 is 0 Å². The summed E-state index contributed by atoms with van der Waals surface area (Å²) in [5.74, 6) is 0.454. The number of carbonyl (C=O) groups is 3. The van der Waals surface area contributed by atoms with Gasteiger partial charge in [0.1, 0.15) is 0 Å². The van der Waals surface area contributed by atoms with Gasteiger partial charge >= 0.3 is 0 Å². The molecule has 2 heterocycles. The van der Waals surface area contributed by atoms with E-state index in [4.69, 9.17) is 0 Å². The topological polar surface area (TPSA) is 57.7 Å². The Kier molecular flexibility index (Phi) is 7.41. The van der Waals surface area contributed by atoms with E-state index in [1.54, 1.807) is 0 Å². The van der Waals surface area contributed by atoms with Crippen molar-refractivity contribution in [2.75, 3.05) is 26.2 Å². The second-order valence-electron chi connectivity index (χ2n) is 9.51. The largest absolute Gasteiger partial charge is 0.343 e. The molecule has 0 saturated carbocycles. The third-order valence-electron chi connectivity index (χ3n) is 7.35. The molecule has 1 aromatic rings. The fourth-order valence-corrected chi connectivity index (χ4v) is 5.35. The van der Waals surface area contributed by atoms with Gasteiger partial charge in [-0.3, -0.25) is 14.4 Å². The van der Waals surface area contributed by atoms with E-state index in [0.717, 1.165) is 57.2 Å². The molecule has 0 N–H and O–H groups in total. The quantitative estimate of drug-likeness (QED) is 0.667. The Morgan fingerprint density at radius 3 is 2.13 bits per heavy atom. The monoisotopic (exact) mass is 424 g/mol. The zero-order valence-corrected chi connectivity index (χ0v) is 18.7. The maximum atomic E-state index is 12.8. The lowest BCUT2D eigenvalue weighted by molar-refractivity contribution is -0.140. The summed E-state index contributed by atoms with van der Waals surface area (Å²) >= 11 is 0. The molecule has 5 heteroatoms. The van der Waals surface area contributed by atoms with Crippen molar-refractivity contribution in [2.24, 2.45) is 5.92 Å². The number of Topliss-reactive ketones (excluding diaryl/α,β-unsaturated/α-hetero) is 1. The van der Waals surface area contributed by atoms with Crippen LogP contribution in [0.25, 0.3) is 0 Å². The minimum Gasteiger partial charge on any atom is -0.343 e. The summed E-state index contributed by atoms with van der Waals surface area (Å²) in [6.07, 6.45) is 11.3. The molecule has 0 spiro atoms. The number of amides is 2. The SMILES string of the molecule is O=C(CCC(=O)N1CCC(C(=O)N2CCCCCC2)CC1)c1ccc2c(c1)CCCC2. The van der Waals surface area contributed by atoms with E-state index in [1.807, 2.05) is 21.9 Å². The first-order valence-electron chi connectivity index (χ1n) is 12.3. The summed E-state index contributed by atoms with van der Waals surface area (Å²) < 4.78 is 0. The number of likely N-dealkylation sites (tertiary alicyclic amines) is 2. The van der Waals surface area contributed by atoms with Gasteiger partial charge in [-0.25, -0.2) is 0 Å². The first-order valence-corrected chi connectivity index (χ1v) is 12.3. The molecule has 5 nitrogen and oxygen atoms in total. The maximum Gasteiger partial charge on any atom is 0.225 e. The molecule has 168 valence electrons. The van der Waals surface area contributed by atoms with E-state index in [2.05, 4.69) is 6.07 Å². The molecule has 0 unspecified atom stereocenters. The lowest BCUT2D eigenvalue weighted by atomic mass is 9.89. The van der Waals surface area contributed by atoms with E-state index >= 15 is 0 Å². The summed E-state index contributed by atoms with van der Waals surface area (Å²) in [4.78, 5) is 42.0. The predicted molar refractivity (Wildman–Crippen MR) is 121 cm³/mol. The number of benzene rings is 1. The summed E-state index contributed by atoms with van der Waals surface area (Å²) in [7, 11) is 0. The van der Waals surface area contributed by atoms with E-state index in [0.29, 0.717) is 13.1 Å². The molecular formula is C26H36N2O3. The van der Waals surface area contributed by atoms with Crippen LogP contribution in [0.5, 0.6) is 0 Å². The van der Waals surface area contributed by atoms with Crippen molar-refractivity contribution in [1.82, 2.24) is 9.80 Å². The fourth-order valence-electron chi connectivity index (χ4n) is 5.35. The molecule has 1 aromatic carbocycles. The number of aryl methyl sites for hydroxylation is 2. The van der Waals surface area contributed by atoms with Crippen LogP contribution in [0.2, 0.25) is 0 Å². The molecule has 2 aliphatic heterocycles. The highest BCUT2D eigenvalue weighted by atomic mass is 16.2. The molecule has 1 aliphatic carbocycles. The minimum absolute atomic E-state index is 0.0481. The van der Waals surface area contributed by atoms with Gasteiger partial charge in [0.2, 0.25) is 11.8 Å². The van der Waals surface area contributed by atoms with Crippen LogP contribution in [0, 0.1) is 5.92 Å². The Labute approximate surface area is 186 Å². The van der Waals surface area contributed by atoms with E-state index in [1.165, 1.54) is 36.8 Å². The Bertz CT molecular complexity index is 803. The van der Waals surface area contributed by atoms with Crippen LogP contribution in [0.15, 0.2) is 18.2 Å². The van der Waals surface area contributed by atoms with E-state index in [9.17, 15) is 14.4 Å². The highest BCUT2D eigenvalue weighted by molar-refractivity contribution is 5.98. The van der Waals surface area contributed by atoms with Gasteiger partial charge in [0.05, 0.1) is 0 Å². The van der Waals surface area contributed by atoms with Crippen molar-refractivity contribution in [3.8, 4) is 0 Å². The Hall–Kier alpha value is -2.17. The molecule has 31 heavy (non-hydrogen) atoms. The summed E-state index contributed by atoms with van der Waals surface area (Å²) in [6.45, 7) is 3.05. The second-order valence-corrected chi connectivity index (χ2v) is 9.51. The lowest BCUT2D eigenvalue weighted by Gasteiger charge is -2.34. The summed E-state index contributed by atoms with van der Waals surface area (Å²) in [5, 5.41) is 0. The fraction of sp³-hybridized carbons (Fsp3) is 0.654. The summed E-state index contributed by atoms with van der Waals surface area (Å²) in [6, 6.07) is 6.06. The molecule has 4 rings (SSSR count). The minimum atomic E-state index is 0.0481. The van der Waals surface area contributed by atoms with Gasteiger partial charge < -0.3 is 9.80 Å². The summed E-state index contributed by atoms with van der Waals surface area (Å²) in [5.41, 5.74) is 3.42. The van der Waals surface area contributed by atoms with Crippen LogP contribution in [0.1, 0.15) is 85.7 Å². The normalized spacial score (nSPS) is 20.1. The van der Waals surface area contributed by atoms with Crippen molar-refractivity contribution < 1.29 is 14.4 Å². The molecular weight excluding hydrogens is 388 g/mol. The first-order chi connectivity index (χ1) is 15.1. The number of ketones is 1. The highest BCUT2D eigenvalue weighted by Gasteiger charge is 2.30. The zero-order chi connectivity index (χ0) is 21.6. The molecule has 0 aromatic heterocycles. The van der Waals surface area contributed by atoms with Crippen molar-refractivity contribution in [2.45, 2.75) is 77.0 Å². The molecule has 2 fully saturated rings. The van der Waals surface area contributed by atoms with Crippen LogP contribution >= 0.6 is 0 Å². The Morgan fingerprint density at radius 2 is 1.42 bits per heavy atom. The van der Waals surface area contributed by atoms with Gasteiger partial charge in [0.15, 0.2) is 5.78 Å². The molecule has 0 radical (unpaired) electrons. The second kappa shape index (κ2) is 10.4. The molecule has 0 atom stereocenters. The Balaban J connectivity index is 1.23. The number of carbonyl (C=O) groups excluding carboxylic acids is 3. The van der Waals surface area contributed by atoms with Crippen molar-refractivity contribution in [3.05, 3.63) is 34.9 Å². The van der Waals surface area contributed by atoms with Gasteiger partial charge in [0, 0.05) is 50.5 Å². The van der Waals surface area contributed by atoms with Crippen LogP contribution in [0.4, 0.5) is 0 Å². The smallest absolute Gasteiger partial charge is 0.225 e. The third-order valence-corrected chi connectivity index (χ3v) is 7.35. The standard InChI is InChI=1S/C26H36N2O3/c29-24(23-10-9-20-7-3-4-8-22(20)19-23)11-12-25(30)27-17-13-21(14-18-27)26(31)28-15-5-1-2-6-16-28/h9-10,19,21H,1-8,11-18H2. The van der Waals surface area contributed by atoms with E-state index < -0.39 is 0 Å². The van der Waals surface area contributed by atoms with Gasteiger partial charge in [-0.05, 0) is 68.6 Å². The van der Waals surface area contributed by atoms with Crippen molar-refractivity contribution >= 4 is 17.6 Å². The lowest BCUT2D eigenvalue weighted by Crippen LogP contribution is -2.44. The number of hydrogen-bond donors (Lipinski definition) is 0. The van der Waals surface area contributed by atoms with Crippen molar-refractivity contribution in [3.63, 3.8) is 0 Å². The van der Waals surface area contributed by atoms with Crippen LogP contribution in [-0.2, 0) is 22.4 Å². The first kappa shape index (κ1) is 22.0. The number of hydrogen-bond acceptors (Lipinski definition) is 3. The average Bonchev–Trinajstić information content (AvgIpc) is 3.11.